The van der Waals surface area contributed by atoms with Crippen molar-refractivity contribution in [2.24, 2.45) is 0 Å². The highest BCUT2D eigenvalue weighted by Crippen LogP contribution is 2.46. The second-order valence-electron chi connectivity index (χ2n) is 7.47. The van der Waals surface area contributed by atoms with E-state index in [-0.39, 0.29) is 18.0 Å². The van der Waals surface area contributed by atoms with Gasteiger partial charge in [-0.1, -0.05) is 6.07 Å². The summed E-state index contributed by atoms with van der Waals surface area (Å²) in [5.41, 5.74) is -0.0842. The molecule has 1 aromatic heterocycles. The van der Waals surface area contributed by atoms with Crippen molar-refractivity contribution < 1.29 is 23.8 Å². The van der Waals surface area contributed by atoms with Gasteiger partial charge in [0, 0.05) is 24.9 Å². The summed E-state index contributed by atoms with van der Waals surface area (Å²) in [4.78, 5) is 15.0. The molecule has 27 heavy (non-hydrogen) atoms. The number of hydrogen-bond donors (Lipinski definition) is 1. The minimum Gasteiger partial charge on any atom is -0.493 e. The summed E-state index contributed by atoms with van der Waals surface area (Å²) in [6, 6.07) is 9.27. The quantitative estimate of drug-likeness (QED) is 0.875. The van der Waals surface area contributed by atoms with Gasteiger partial charge in [0.2, 0.25) is 5.91 Å². The van der Waals surface area contributed by atoms with Crippen molar-refractivity contribution in [1.82, 2.24) is 4.90 Å². The van der Waals surface area contributed by atoms with Gasteiger partial charge in [0.15, 0.2) is 11.5 Å². The van der Waals surface area contributed by atoms with E-state index in [2.05, 4.69) is 0 Å². The third-order valence-corrected chi connectivity index (χ3v) is 5.84. The highest BCUT2D eigenvalue weighted by Gasteiger charge is 2.51. The van der Waals surface area contributed by atoms with Crippen LogP contribution >= 0.6 is 0 Å². The first-order chi connectivity index (χ1) is 13.0. The maximum absolute atomic E-state index is 13.0. The van der Waals surface area contributed by atoms with E-state index >= 15 is 0 Å². The zero-order valence-electron chi connectivity index (χ0n) is 15.7. The Balaban J connectivity index is 1.49. The topological polar surface area (TPSA) is 72.1 Å². The normalized spacial score (nSPS) is 26.9. The Labute approximate surface area is 158 Å². The third-order valence-electron chi connectivity index (χ3n) is 5.84. The Kier molecular flexibility index (Phi) is 4.60. The van der Waals surface area contributed by atoms with E-state index < -0.39 is 5.60 Å². The summed E-state index contributed by atoms with van der Waals surface area (Å²) in [7, 11) is 3.18. The molecule has 0 spiro atoms. The van der Waals surface area contributed by atoms with Gasteiger partial charge in [0.05, 0.1) is 26.9 Å². The van der Waals surface area contributed by atoms with Crippen LogP contribution in [0.15, 0.2) is 41.0 Å². The molecule has 144 valence electrons. The molecule has 6 heteroatoms. The largest absolute Gasteiger partial charge is 0.493 e. The van der Waals surface area contributed by atoms with Gasteiger partial charge in [-0.25, -0.2) is 0 Å². The molecule has 6 nitrogen and oxygen atoms in total. The maximum Gasteiger partial charge on any atom is 0.227 e. The second kappa shape index (κ2) is 6.93. The Bertz CT molecular complexity index is 802. The summed E-state index contributed by atoms with van der Waals surface area (Å²) in [6.45, 7) is 0. The van der Waals surface area contributed by atoms with Crippen molar-refractivity contribution in [1.29, 1.82) is 0 Å². The minimum atomic E-state index is -0.977. The maximum atomic E-state index is 13.0. The number of piperidine rings is 1. The molecule has 2 aliphatic rings. The number of amides is 1. The second-order valence-corrected chi connectivity index (χ2v) is 7.47. The Morgan fingerprint density at radius 1 is 1.19 bits per heavy atom. The lowest BCUT2D eigenvalue weighted by atomic mass is 9.84. The predicted molar refractivity (Wildman–Crippen MR) is 98.7 cm³/mol. The van der Waals surface area contributed by atoms with Crippen molar-refractivity contribution >= 4 is 5.91 Å². The Morgan fingerprint density at radius 3 is 2.48 bits per heavy atom. The van der Waals surface area contributed by atoms with Crippen molar-refractivity contribution in [2.75, 3.05) is 14.2 Å². The fraction of sp³-hybridized carbons (Fsp3) is 0.476. The lowest BCUT2D eigenvalue weighted by Gasteiger charge is -2.43. The summed E-state index contributed by atoms with van der Waals surface area (Å²) >= 11 is 0. The van der Waals surface area contributed by atoms with Crippen LogP contribution in [0.3, 0.4) is 0 Å². The first-order valence-electron chi connectivity index (χ1n) is 9.32. The molecule has 0 radical (unpaired) electrons. The number of aliphatic hydroxyl groups is 1. The van der Waals surface area contributed by atoms with Gasteiger partial charge in [-0.2, -0.15) is 0 Å². The molecule has 2 aromatic rings. The zero-order valence-corrected chi connectivity index (χ0v) is 15.7. The molecule has 2 atom stereocenters. The number of methoxy groups -OCH3 is 2. The highest BCUT2D eigenvalue weighted by atomic mass is 16.5. The fourth-order valence-electron chi connectivity index (χ4n) is 4.63. The SMILES string of the molecule is COc1ccc(CC(=O)N2C3CCC2CC(O)(c2ccco2)C3)cc1OC. The van der Waals surface area contributed by atoms with Crippen LogP contribution in [-0.2, 0) is 16.8 Å². The number of fused-ring (bicyclic) bond motifs is 2. The molecular weight excluding hydrogens is 346 g/mol. The molecule has 3 heterocycles. The number of ether oxygens (including phenoxy) is 2. The van der Waals surface area contributed by atoms with Crippen molar-refractivity contribution in [3.63, 3.8) is 0 Å². The molecule has 0 aliphatic carbocycles. The first kappa shape index (κ1) is 17.9. The van der Waals surface area contributed by atoms with Gasteiger partial charge in [-0.05, 0) is 42.7 Å². The minimum absolute atomic E-state index is 0.0477. The summed E-state index contributed by atoms with van der Waals surface area (Å²) in [5, 5.41) is 11.1. The predicted octanol–water partition coefficient (Wildman–Crippen LogP) is 2.88. The molecule has 2 aliphatic heterocycles. The van der Waals surface area contributed by atoms with Crippen LogP contribution in [0.2, 0.25) is 0 Å². The number of carbonyl (C=O) groups is 1. The van der Waals surface area contributed by atoms with Crippen molar-refractivity contribution in [3.05, 3.63) is 47.9 Å². The number of hydrogen-bond acceptors (Lipinski definition) is 5. The molecule has 1 aromatic carbocycles. The molecular formula is C21H25NO5. The van der Waals surface area contributed by atoms with Crippen molar-refractivity contribution in [3.8, 4) is 11.5 Å². The van der Waals surface area contributed by atoms with E-state index in [1.165, 1.54) is 0 Å². The lowest BCUT2D eigenvalue weighted by Crippen LogP contribution is -2.52. The van der Waals surface area contributed by atoms with E-state index in [0.717, 1.165) is 18.4 Å². The van der Waals surface area contributed by atoms with Crippen LogP contribution in [0.1, 0.15) is 37.0 Å². The fourth-order valence-corrected chi connectivity index (χ4v) is 4.63. The van der Waals surface area contributed by atoms with Crippen LogP contribution in [0.4, 0.5) is 0 Å². The Hall–Kier alpha value is -2.47. The van der Waals surface area contributed by atoms with Gasteiger partial charge in [-0.15, -0.1) is 0 Å². The van der Waals surface area contributed by atoms with E-state index in [1.54, 1.807) is 26.5 Å². The highest BCUT2D eigenvalue weighted by molar-refractivity contribution is 5.80. The standard InChI is InChI=1S/C21H25NO5/c1-25-17-8-5-14(10-18(17)26-2)11-20(23)22-15-6-7-16(22)13-21(24,12-15)19-4-3-9-27-19/h3-5,8-10,15-16,24H,6-7,11-13H2,1-2H3. The van der Waals surface area contributed by atoms with Gasteiger partial charge in [0.1, 0.15) is 11.4 Å². The zero-order chi connectivity index (χ0) is 19.0. The van der Waals surface area contributed by atoms with E-state index in [1.807, 2.05) is 29.2 Å². The number of benzene rings is 1. The summed E-state index contributed by atoms with van der Waals surface area (Å²) < 4.78 is 16.1. The van der Waals surface area contributed by atoms with Gasteiger partial charge in [-0.3, -0.25) is 4.79 Å². The Morgan fingerprint density at radius 2 is 1.89 bits per heavy atom. The molecule has 1 amide bonds. The van der Waals surface area contributed by atoms with Gasteiger partial charge in [0.25, 0.3) is 0 Å². The number of nitrogens with zero attached hydrogens (tertiary/aromatic N) is 1. The van der Waals surface area contributed by atoms with E-state index in [0.29, 0.717) is 36.5 Å². The summed E-state index contributed by atoms with van der Waals surface area (Å²) in [6.07, 6.45) is 4.79. The average Bonchev–Trinajstić information content (AvgIpc) is 3.29. The van der Waals surface area contributed by atoms with Crippen LogP contribution in [-0.4, -0.2) is 42.2 Å². The van der Waals surface area contributed by atoms with E-state index in [4.69, 9.17) is 13.9 Å². The summed E-state index contributed by atoms with van der Waals surface area (Å²) in [5.74, 6) is 1.97. The molecule has 2 unspecified atom stereocenters. The van der Waals surface area contributed by atoms with Crippen molar-refractivity contribution in [2.45, 2.75) is 49.8 Å². The van der Waals surface area contributed by atoms with Crippen LogP contribution in [0, 0.1) is 0 Å². The van der Waals surface area contributed by atoms with Crippen LogP contribution in [0.5, 0.6) is 11.5 Å². The van der Waals surface area contributed by atoms with E-state index in [9.17, 15) is 9.90 Å². The molecule has 1 N–H and O–H groups in total. The number of carbonyl (C=O) groups excluding carboxylic acids is 1. The molecule has 2 bridgehead atoms. The van der Waals surface area contributed by atoms with Crippen LogP contribution < -0.4 is 9.47 Å². The first-order valence-corrected chi connectivity index (χ1v) is 9.32. The monoisotopic (exact) mass is 371 g/mol. The smallest absolute Gasteiger partial charge is 0.227 e. The molecule has 4 rings (SSSR count). The molecule has 0 saturated carbocycles. The molecule has 2 fully saturated rings. The van der Waals surface area contributed by atoms with Gasteiger partial charge < -0.3 is 23.9 Å². The van der Waals surface area contributed by atoms with Crippen LogP contribution in [0.25, 0.3) is 0 Å². The lowest BCUT2D eigenvalue weighted by molar-refractivity contribution is -0.142. The third kappa shape index (κ3) is 3.18. The average molecular weight is 371 g/mol. The van der Waals surface area contributed by atoms with Gasteiger partial charge >= 0.3 is 0 Å². The number of furan rings is 1. The molecule has 2 saturated heterocycles. The number of rotatable bonds is 5.